The second-order valence-electron chi connectivity index (χ2n) is 4.71. The molecule has 0 aliphatic heterocycles. The average molecular weight is 293 g/mol. The SMILES string of the molecule is CC(C)(CO)[C@@H](O)C(=O)NCCC(=O)SCCN[O-]. The predicted molar refractivity (Wildman–Crippen MR) is 73.3 cm³/mol. The first-order valence-electron chi connectivity index (χ1n) is 5.92. The number of aliphatic hydroxyl groups is 2. The summed E-state index contributed by atoms with van der Waals surface area (Å²) in [4.78, 5) is 22.9. The number of hydrogen-bond donors (Lipinski definition) is 4. The van der Waals surface area contributed by atoms with Gasteiger partial charge >= 0.3 is 0 Å². The fraction of sp³-hybridized carbons (Fsp3) is 0.818. The van der Waals surface area contributed by atoms with Crippen LogP contribution in [0.5, 0.6) is 0 Å². The van der Waals surface area contributed by atoms with Crippen molar-refractivity contribution in [3.05, 3.63) is 5.21 Å². The molecule has 19 heavy (non-hydrogen) atoms. The fourth-order valence-corrected chi connectivity index (χ4v) is 1.76. The fourth-order valence-electron chi connectivity index (χ4n) is 1.10. The topological polar surface area (TPSA) is 122 Å². The van der Waals surface area contributed by atoms with Crippen molar-refractivity contribution in [2.45, 2.75) is 26.4 Å². The lowest BCUT2D eigenvalue weighted by Gasteiger charge is -2.27. The van der Waals surface area contributed by atoms with Gasteiger partial charge in [0.05, 0.1) is 6.61 Å². The van der Waals surface area contributed by atoms with Crippen molar-refractivity contribution in [1.82, 2.24) is 10.8 Å². The Morgan fingerprint density at radius 3 is 2.53 bits per heavy atom. The molecule has 0 aliphatic carbocycles. The molecule has 0 bridgehead atoms. The molecule has 0 saturated heterocycles. The molecule has 1 atom stereocenters. The van der Waals surface area contributed by atoms with Crippen molar-refractivity contribution in [2.75, 3.05) is 25.4 Å². The zero-order valence-electron chi connectivity index (χ0n) is 11.1. The van der Waals surface area contributed by atoms with Gasteiger partial charge in [-0.1, -0.05) is 25.6 Å². The maximum Gasteiger partial charge on any atom is 0.249 e. The van der Waals surface area contributed by atoms with Crippen LogP contribution >= 0.6 is 11.8 Å². The van der Waals surface area contributed by atoms with Gasteiger partial charge in [0.25, 0.3) is 0 Å². The molecule has 4 N–H and O–H groups in total. The van der Waals surface area contributed by atoms with Gasteiger partial charge < -0.3 is 26.2 Å². The minimum Gasteiger partial charge on any atom is -0.788 e. The molecule has 0 aliphatic rings. The van der Waals surface area contributed by atoms with Crippen LogP contribution in [0.2, 0.25) is 0 Å². The smallest absolute Gasteiger partial charge is 0.249 e. The number of carbonyl (C=O) groups excluding carboxylic acids is 2. The zero-order chi connectivity index (χ0) is 14.9. The van der Waals surface area contributed by atoms with Gasteiger partial charge in [-0.3, -0.25) is 9.59 Å². The monoisotopic (exact) mass is 293 g/mol. The molecule has 0 heterocycles. The summed E-state index contributed by atoms with van der Waals surface area (Å²) in [6.07, 6.45) is -1.20. The first-order chi connectivity index (χ1) is 8.85. The van der Waals surface area contributed by atoms with Crippen LogP contribution in [0.4, 0.5) is 0 Å². The molecule has 0 spiro atoms. The molecule has 8 heteroatoms. The highest BCUT2D eigenvalue weighted by Gasteiger charge is 2.32. The van der Waals surface area contributed by atoms with E-state index in [0.717, 1.165) is 11.8 Å². The van der Waals surface area contributed by atoms with Crippen molar-refractivity contribution in [2.24, 2.45) is 5.41 Å². The largest absolute Gasteiger partial charge is 0.788 e. The third-order valence-electron chi connectivity index (χ3n) is 2.49. The van der Waals surface area contributed by atoms with E-state index in [0.29, 0.717) is 5.75 Å². The lowest BCUT2D eigenvalue weighted by Crippen LogP contribution is -2.45. The molecule has 0 rings (SSSR count). The van der Waals surface area contributed by atoms with Crippen LogP contribution in [0.1, 0.15) is 20.3 Å². The normalized spacial score (nSPS) is 13.1. The van der Waals surface area contributed by atoms with E-state index in [1.165, 1.54) is 0 Å². The summed E-state index contributed by atoms with van der Waals surface area (Å²) in [7, 11) is 0. The highest BCUT2D eigenvalue weighted by molar-refractivity contribution is 8.13. The molecule has 7 nitrogen and oxygen atoms in total. The van der Waals surface area contributed by atoms with E-state index in [4.69, 9.17) is 5.11 Å². The van der Waals surface area contributed by atoms with E-state index in [9.17, 15) is 19.9 Å². The Bertz CT molecular complexity index is 299. The summed E-state index contributed by atoms with van der Waals surface area (Å²) < 4.78 is 0. The number of carbonyl (C=O) groups is 2. The van der Waals surface area contributed by atoms with Gasteiger partial charge in [-0.25, -0.2) is 0 Å². The van der Waals surface area contributed by atoms with E-state index in [1.807, 2.05) is 0 Å². The minimum atomic E-state index is -1.33. The first kappa shape index (κ1) is 18.3. The lowest BCUT2D eigenvalue weighted by atomic mass is 9.87. The number of hydrogen-bond acceptors (Lipinski definition) is 7. The zero-order valence-corrected chi connectivity index (χ0v) is 12.0. The standard InChI is InChI=1S/C11H21N2O5S/c1-11(2,7-14)9(16)10(17)12-4-3-8(15)19-6-5-13-18/h9,13-14,16H,3-7H2,1-2H3,(H,12,17)/q-1/t9-/m0/s1. The maximum absolute atomic E-state index is 11.5. The third-order valence-corrected chi connectivity index (χ3v) is 3.43. The van der Waals surface area contributed by atoms with E-state index in [-0.39, 0.29) is 31.2 Å². The molecule has 0 aromatic rings. The quantitative estimate of drug-likeness (QED) is 0.325. The molecule has 0 unspecified atom stereocenters. The molecule has 112 valence electrons. The highest BCUT2D eigenvalue weighted by Crippen LogP contribution is 2.19. The minimum absolute atomic E-state index is 0.119. The van der Waals surface area contributed by atoms with Gasteiger partial charge in [-0.2, -0.15) is 0 Å². The van der Waals surface area contributed by atoms with Crippen molar-refractivity contribution in [3.8, 4) is 0 Å². The van der Waals surface area contributed by atoms with E-state index in [2.05, 4.69) is 5.32 Å². The van der Waals surface area contributed by atoms with Gasteiger partial charge in [-0.05, 0) is 6.54 Å². The average Bonchev–Trinajstić information content (AvgIpc) is 2.38. The number of nitrogens with one attached hydrogen (secondary N) is 2. The molecule has 0 fully saturated rings. The van der Waals surface area contributed by atoms with Crippen molar-refractivity contribution in [3.63, 3.8) is 0 Å². The molecule has 0 aromatic carbocycles. The second-order valence-corrected chi connectivity index (χ2v) is 5.86. The van der Waals surface area contributed by atoms with Gasteiger partial charge in [0.15, 0.2) is 5.12 Å². The van der Waals surface area contributed by atoms with Crippen LogP contribution < -0.4 is 10.8 Å². The summed E-state index contributed by atoms with van der Waals surface area (Å²) in [5.74, 6) is -0.228. The Labute approximate surface area is 116 Å². The Hall–Kier alpha value is -0.670. The summed E-state index contributed by atoms with van der Waals surface area (Å²) in [6, 6.07) is 0. The van der Waals surface area contributed by atoms with Gasteiger partial charge in [0.1, 0.15) is 6.10 Å². The van der Waals surface area contributed by atoms with Gasteiger partial charge in [0.2, 0.25) is 5.91 Å². The number of hydroxylamine groups is 1. The Kier molecular flexibility index (Phi) is 8.94. The summed E-state index contributed by atoms with van der Waals surface area (Å²) in [5, 5.41) is 30.9. The summed E-state index contributed by atoms with van der Waals surface area (Å²) in [5.41, 5.74) is 0.758. The molecule has 0 aromatic heterocycles. The molecule has 0 saturated carbocycles. The number of amides is 1. The number of rotatable bonds is 9. The second kappa shape index (κ2) is 9.27. The van der Waals surface area contributed by atoms with Gasteiger partial charge in [-0.15, -0.1) is 0 Å². The van der Waals surface area contributed by atoms with Crippen LogP contribution in [-0.4, -0.2) is 52.8 Å². The van der Waals surface area contributed by atoms with E-state index >= 15 is 0 Å². The van der Waals surface area contributed by atoms with E-state index < -0.39 is 17.4 Å². The van der Waals surface area contributed by atoms with Crippen LogP contribution in [0.15, 0.2) is 0 Å². The summed E-state index contributed by atoms with van der Waals surface area (Å²) in [6.45, 7) is 3.13. The Morgan fingerprint density at radius 2 is 2.00 bits per heavy atom. The lowest BCUT2D eigenvalue weighted by molar-refractivity contribution is -0.137. The highest BCUT2D eigenvalue weighted by atomic mass is 32.2. The molecular weight excluding hydrogens is 272 g/mol. The number of thioether (sulfide) groups is 1. The molecule has 0 radical (unpaired) electrons. The van der Waals surface area contributed by atoms with Crippen LogP contribution in [0, 0.1) is 10.6 Å². The third kappa shape index (κ3) is 7.48. The van der Waals surface area contributed by atoms with E-state index in [1.54, 1.807) is 19.3 Å². The molecule has 1 amide bonds. The van der Waals surface area contributed by atoms with Crippen molar-refractivity contribution < 1.29 is 19.8 Å². The maximum atomic E-state index is 11.5. The summed E-state index contributed by atoms with van der Waals surface area (Å²) >= 11 is 1.02. The first-order valence-corrected chi connectivity index (χ1v) is 6.91. The Balaban J connectivity index is 3.88. The van der Waals surface area contributed by atoms with Crippen molar-refractivity contribution in [1.29, 1.82) is 0 Å². The van der Waals surface area contributed by atoms with Crippen LogP contribution in [0.3, 0.4) is 0 Å². The van der Waals surface area contributed by atoms with Crippen molar-refractivity contribution >= 4 is 22.8 Å². The number of aliphatic hydroxyl groups excluding tert-OH is 2. The van der Waals surface area contributed by atoms with Crippen LogP contribution in [0.25, 0.3) is 0 Å². The Morgan fingerprint density at radius 1 is 1.37 bits per heavy atom. The predicted octanol–water partition coefficient (Wildman–Crippen LogP) is -0.781. The van der Waals surface area contributed by atoms with Gasteiger partial charge in [0, 0.05) is 24.1 Å². The molecular formula is C11H21N2O5S-. The van der Waals surface area contributed by atoms with Crippen LogP contribution in [-0.2, 0) is 9.59 Å².